The van der Waals surface area contributed by atoms with Crippen LogP contribution >= 0.6 is 0 Å². The number of ether oxygens (including phenoxy) is 1. The molecule has 0 aliphatic carbocycles. The average Bonchev–Trinajstić information content (AvgIpc) is 2.39. The second-order valence-corrected chi connectivity index (χ2v) is 4.53. The number of carbonyl (C=O) groups is 1. The van der Waals surface area contributed by atoms with Crippen molar-refractivity contribution in [2.24, 2.45) is 0 Å². The van der Waals surface area contributed by atoms with E-state index in [2.05, 4.69) is 36.0 Å². The van der Waals surface area contributed by atoms with Crippen molar-refractivity contribution in [3.8, 4) is 0 Å². The van der Waals surface area contributed by atoms with Crippen molar-refractivity contribution in [1.29, 1.82) is 0 Å². The van der Waals surface area contributed by atoms with E-state index in [0.717, 1.165) is 19.3 Å². The Morgan fingerprint density at radius 2 is 1.56 bits per heavy atom. The molecule has 0 amide bonds. The van der Waals surface area contributed by atoms with E-state index in [9.17, 15) is 4.79 Å². The molecule has 0 saturated heterocycles. The molecule has 0 radical (unpaired) electrons. The molecule has 0 aromatic rings. The molecule has 2 heteroatoms. The van der Waals surface area contributed by atoms with Gasteiger partial charge in [-0.25, -0.2) is 0 Å². The van der Waals surface area contributed by atoms with Crippen molar-refractivity contribution < 1.29 is 9.53 Å². The Bertz CT molecular complexity index is 241. The van der Waals surface area contributed by atoms with Gasteiger partial charge in [-0.3, -0.25) is 4.79 Å². The number of esters is 1. The van der Waals surface area contributed by atoms with Crippen LogP contribution in [0.5, 0.6) is 0 Å². The van der Waals surface area contributed by atoms with Crippen molar-refractivity contribution in [3.63, 3.8) is 0 Å². The fourth-order valence-electron chi connectivity index (χ4n) is 1.68. The minimum Gasteiger partial charge on any atom is -0.469 e. The topological polar surface area (TPSA) is 26.3 Å². The Morgan fingerprint density at radius 1 is 0.944 bits per heavy atom. The number of hydrogen-bond donors (Lipinski definition) is 0. The molecule has 0 aliphatic heterocycles. The molecule has 0 saturated carbocycles. The van der Waals surface area contributed by atoms with E-state index < -0.39 is 0 Å². The predicted octanol–water partition coefficient (Wildman–Crippen LogP) is 4.80. The lowest BCUT2D eigenvalue weighted by Crippen LogP contribution is -1.98. The van der Waals surface area contributed by atoms with Gasteiger partial charge in [-0.1, -0.05) is 56.9 Å². The summed E-state index contributed by atoms with van der Waals surface area (Å²) in [6.45, 7) is 2.19. The van der Waals surface area contributed by atoms with E-state index in [1.54, 1.807) is 0 Å². The van der Waals surface area contributed by atoms with Gasteiger partial charge in [0.2, 0.25) is 0 Å². The van der Waals surface area contributed by atoms with E-state index >= 15 is 0 Å². The molecule has 2 nitrogen and oxygen atoms in total. The summed E-state index contributed by atoms with van der Waals surface area (Å²) >= 11 is 0. The van der Waals surface area contributed by atoms with Crippen LogP contribution in [0, 0.1) is 0 Å². The van der Waals surface area contributed by atoms with Gasteiger partial charge < -0.3 is 4.74 Å². The van der Waals surface area contributed by atoms with Gasteiger partial charge in [0.15, 0.2) is 0 Å². The molecule has 0 N–H and O–H groups in total. The summed E-state index contributed by atoms with van der Waals surface area (Å²) in [7, 11) is 1.45. The van der Waals surface area contributed by atoms with E-state index in [1.165, 1.54) is 39.2 Å². The maximum atomic E-state index is 10.9. The van der Waals surface area contributed by atoms with Gasteiger partial charge in [0, 0.05) is 6.42 Å². The molecule has 0 aliphatic rings. The van der Waals surface area contributed by atoms with Crippen LogP contribution in [0.25, 0.3) is 0 Å². The van der Waals surface area contributed by atoms with Gasteiger partial charge in [-0.05, 0) is 25.7 Å². The highest BCUT2D eigenvalue weighted by atomic mass is 16.5. The van der Waals surface area contributed by atoms with Crippen molar-refractivity contribution in [2.45, 2.75) is 64.7 Å². The number of hydrogen-bond acceptors (Lipinski definition) is 2. The van der Waals surface area contributed by atoms with Crippen molar-refractivity contribution >= 4 is 5.97 Å². The first-order chi connectivity index (χ1) is 8.81. The third kappa shape index (κ3) is 13.0. The zero-order chi connectivity index (χ0) is 13.5. The molecule has 0 unspecified atom stereocenters. The SMILES string of the molecule is CCCC=CC=CCCCCCCCC(=O)OC. The minimum absolute atomic E-state index is 0.0863. The van der Waals surface area contributed by atoms with Gasteiger partial charge in [0.05, 0.1) is 7.11 Å². The third-order valence-corrected chi connectivity index (χ3v) is 2.82. The Balaban J connectivity index is 3.18. The summed E-state index contributed by atoms with van der Waals surface area (Å²) in [5, 5.41) is 0. The number of allylic oxidation sites excluding steroid dienone is 4. The second-order valence-electron chi connectivity index (χ2n) is 4.53. The van der Waals surface area contributed by atoms with E-state index in [-0.39, 0.29) is 5.97 Å². The normalized spacial score (nSPS) is 11.4. The van der Waals surface area contributed by atoms with Crippen LogP contribution in [0.3, 0.4) is 0 Å². The zero-order valence-corrected chi connectivity index (χ0v) is 12.0. The highest BCUT2D eigenvalue weighted by molar-refractivity contribution is 5.68. The summed E-state index contributed by atoms with van der Waals surface area (Å²) in [6, 6.07) is 0. The van der Waals surface area contributed by atoms with Crippen molar-refractivity contribution in [1.82, 2.24) is 0 Å². The first-order valence-corrected chi connectivity index (χ1v) is 7.19. The van der Waals surface area contributed by atoms with Crippen molar-refractivity contribution in [2.75, 3.05) is 7.11 Å². The molecule has 104 valence electrons. The van der Waals surface area contributed by atoms with Crippen LogP contribution in [0.4, 0.5) is 0 Å². The lowest BCUT2D eigenvalue weighted by Gasteiger charge is -1.99. The molecule has 0 heterocycles. The smallest absolute Gasteiger partial charge is 0.305 e. The minimum atomic E-state index is -0.0863. The summed E-state index contributed by atoms with van der Waals surface area (Å²) in [4.78, 5) is 10.9. The molecule has 0 aromatic carbocycles. The quantitative estimate of drug-likeness (QED) is 0.300. The summed E-state index contributed by atoms with van der Waals surface area (Å²) in [5.41, 5.74) is 0. The first kappa shape index (κ1) is 16.9. The van der Waals surface area contributed by atoms with Gasteiger partial charge >= 0.3 is 5.97 Å². The highest BCUT2D eigenvalue weighted by Crippen LogP contribution is 2.08. The molecule has 0 fully saturated rings. The van der Waals surface area contributed by atoms with E-state index in [4.69, 9.17) is 0 Å². The maximum Gasteiger partial charge on any atom is 0.305 e. The number of carbonyl (C=O) groups excluding carboxylic acids is 1. The fourth-order valence-corrected chi connectivity index (χ4v) is 1.68. The monoisotopic (exact) mass is 252 g/mol. The zero-order valence-electron chi connectivity index (χ0n) is 12.0. The van der Waals surface area contributed by atoms with Gasteiger partial charge in [-0.15, -0.1) is 0 Å². The van der Waals surface area contributed by atoms with E-state index in [0.29, 0.717) is 6.42 Å². The van der Waals surface area contributed by atoms with Crippen molar-refractivity contribution in [3.05, 3.63) is 24.3 Å². The second kappa shape index (κ2) is 14.0. The molecule has 0 rings (SSSR count). The number of rotatable bonds is 11. The van der Waals surface area contributed by atoms with Crippen LogP contribution < -0.4 is 0 Å². The summed E-state index contributed by atoms with van der Waals surface area (Å²) < 4.78 is 4.60. The Hall–Kier alpha value is -1.05. The highest BCUT2D eigenvalue weighted by Gasteiger charge is 1.98. The van der Waals surface area contributed by atoms with Gasteiger partial charge in [-0.2, -0.15) is 0 Å². The third-order valence-electron chi connectivity index (χ3n) is 2.82. The standard InChI is InChI=1S/C16H28O2/c1-3-4-5-6-7-8-9-10-11-12-13-14-15-16(17)18-2/h5-8H,3-4,9-15H2,1-2H3. The summed E-state index contributed by atoms with van der Waals surface area (Å²) in [5.74, 6) is -0.0863. The molecular weight excluding hydrogens is 224 g/mol. The molecule has 0 aromatic heterocycles. The lowest BCUT2D eigenvalue weighted by molar-refractivity contribution is -0.140. The van der Waals surface area contributed by atoms with Crippen LogP contribution in [-0.4, -0.2) is 13.1 Å². The Morgan fingerprint density at radius 3 is 2.22 bits per heavy atom. The first-order valence-electron chi connectivity index (χ1n) is 7.19. The number of methoxy groups -OCH3 is 1. The van der Waals surface area contributed by atoms with Crippen LogP contribution in [0.1, 0.15) is 64.7 Å². The van der Waals surface area contributed by atoms with Crippen LogP contribution in [-0.2, 0) is 9.53 Å². The molecule has 0 atom stereocenters. The largest absolute Gasteiger partial charge is 0.469 e. The molecule has 0 spiro atoms. The average molecular weight is 252 g/mol. The van der Waals surface area contributed by atoms with Crippen LogP contribution in [0.2, 0.25) is 0 Å². The summed E-state index contributed by atoms with van der Waals surface area (Å²) in [6.07, 6.45) is 18.7. The van der Waals surface area contributed by atoms with Crippen LogP contribution in [0.15, 0.2) is 24.3 Å². The maximum absolute atomic E-state index is 10.9. The lowest BCUT2D eigenvalue weighted by atomic mass is 10.1. The molecule has 18 heavy (non-hydrogen) atoms. The predicted molar refractivity (Wildman–Crippen MR) is 77.5 cm³/mol. The Labute approximate surface area is 112 Å². The molecular formula is C16H28O2. The number of unbranched alkanes of at least 4 members (excludes halogenated alkanes) is 6. The van der Waals surface area contributed by atoms with Gasteiger partial charge in [0.25, 0.3) is 0 Å². The molecule has 0 bridgehead atoms. The fraction of sp³-hybridized carbons (Fsp3) is 0.688. The van der Waals surface area contributed by atoms with E-state index in [1.807, 2.05) is 0 Å². The van der Waals surface area contributed by atoms with Gasteiger partial charge in [0.1, 0.15) is 0 Å². The Kier molecular flexibility index (Phi) is 13.2.